The Morgan fingerprint density at radius 1 is 1.35 bits per heavy atom. The monoisotopic (exact) mass is 311 g/mol. The molecular formula is C11H12F3NO4S. The summed E-state index contributed by atoms with van der Waals surface area (Å²) < 4.78 is 54.1. The maximum absolute atomic E-state index is 11.2. The second-order valence-electron chi connectivity index (χ2n) is 4.07. The number of benzene rings is 1. The molecule has 0 spiro atoms. The number of carboxylic acid groups (broad SMARTS) is 1. The van der Waals surface area contributed by atoms with Crippen molar-refractivity contribution in [2.75, 3.05) is 18.1 Å². The Balaban J connectivity index is 0.000000246. The maximum Gasteiger partial charge on any atom is 0.490 e. The molecule has 2 N–H and O–H groups in total. The minimum Gasteiger partial charge on any atom is -0.475 e. The number of carbonyl (C=O) groups is 1. The molecule has 1 aliphatic rings. The van der Waals surface area contributed by atoms with Gasteiger partial charge in [0.05, 0.1) is 4.90 Å². The van der Waals surface area contributed by atoms with Gasteiger partial charge in [0.1, 0.15) is 0 Å². The number of carboxylic acids is 1. The summed E-state index contributed by atoms with van der Waals surface area (Å²) in [6.07, 6.45) is -2.87. The average Bonchev–Trinajstić information content (AvgIpc) is 2.73. The zero-order valence-electron chi connectivity index (χ0n) is 10.4. The van der Waals surface area contributed by atoms with E-state index in [1.807, 2.05) is 6.07 Å². The highest BCUT2D eigenvalue weighted by Crippen LogP contribution is 2.25. The highest BCUT2D eigenvalue weighted by Gasteiger charge is 2.38. The molecule has 0 bridgehead atoms. The fourth-order valence-electron chi connectivity index (χ4n) is 1.50. The van der Waals surface area contributed by atoms with Gasteiger partial charge >= 0.3 is 12.1 Å². The lowest BCUT2D eigenvalue weighted by molar-refractivity contribution is -0.192. The van der Waals surface area contributed by atoms with Gasteiger partial charge in [0.25, 0.3) is 0 Å². The first-order chi connectivity index (χ1) is 9.01. The van der Waals surface area contributed by atoms with E-state index in [0.717, 1.165) is 18.7 Å². The summed E-state index contributed by atoms with van der Waals surface area (Å²) in [5.41, 5.74) is 2.16. The molecule has 0 saturated carbocycles. The molecule has 0 unspecified atom stereocenters. The van der Waals surface area contributed by atoms with E-state index in [1.165, 1.54) is 11.8 Å². The van der Waals surface area contributed by atoms with Gasteiger partial charge in [-0.05, 0) is 24.1 Å². The average molecular weight is 311 g/mol. The molecule has 2 rings (SSSR count). The predicted molar refractivity (Wildman–Crippen MR) is 65.4 cm³/mol. The quantitative estimate of drug-likeness (QED) is 0.824. The third kappa shape index (κ3) is 4.41. The van der Waals surface area contributed by atoms with E-state index in [1.54, 1.807) is 12.1 Å². The summed E-state index contributed by atoms with van der Waals surface area (Å²) >= 11 is 0. The summed E-state index contributed by atoms with van der Waals surface area (Å²) in [6, 6.07) is 5.25. The van der Waals surface area contributed by atoms with Gasteiger partial charge in [0.2, 0.25) is 0 Å². The number of halogens is 3. The van der Waals surface area contributed by atoms with Gasteiger partial charge in [-0.2, -0.15) is 13.2 Å². The molecule has 0 saturated heterocycles. The molecule has 5 nitrogen and oxygen atoms in total. The summed E-state index contributed by atoms with van der Waals surface area (Å²) in [5.74, 6) is -2.76. The van der Waals surface area contributed by atoms with Crippen molar-refractivity contribution in [3.63, 3.8) is 0 Å². The van der Waals surface area contributed by atoms with E-state index < -0.39 is 22.0 Å². The topological polar surface area (TPSA) is 83.5 Å². The number of anilines is 1. The third-order valence-electron chi connectivity index (χ3n) is 2.46. The minimum absolute atomic E-state index is 0.389. The Labute approximate surface area is 113 Å². The van der Waals surface area contributed by atoms with Crippen LogP contribution in [0.4, 0.5) is 18.9 Å². The van der Waals surface area contributed by atoms with Crippen LogP contribution in [0.1, 0.15) is 5.56 Å². The molecule has 1 heterocycles. The van der Waals surface area contributed by atoms with Crippen molar-refractivity contribution in [2.24, 2.45) is 0 Å². The van der Waals surface area contributed by atoms with Gasteiger partial charge in [-0.15, -0.1) is 0 Å². The number of sulfone groups is 1. The fraction of sp³-hybridized carbons (Fsp3) is 0.364. The number of alkyl halides is 3. The van der Waals surface area contributed by atoms with Crippen LogP contribution in [0.2, 0.25) is 0 Å². The molecule has 1 aromatic rings. The van der Waals surface area contributed by atoms with E-state index in [4.69, 9.17) is 9.90 Å². The highest BCUT2D eigenvalue weighted by molar-refractivity contribution is 7.90. The van der Waals surface area contributed by atoms with Crippen molar-refractivity contribution in [3.05, 3.63) is 23.8 Å². The van der Waals surface area contributed by atoms with Gasteiger partial charge in [0.15, 0.2) is 9.84 Å². The molecule has 0 aliphatic carbocycles. The molecule has 112 valence electrons. The second kappa shape index (κ2) is 5.70. The van der Waals surface area contributed by atoms with Crippen LogP contribution in [0, 0.1) is 0 Å². The standard InChI is InChI=1S/C9H11NO2S.C2HF3O2/c1-13(11,12)8-3-2-7-4-5-10-9(7)6-8;3-2(4,5)1(6)7/h2-3,6,10H,4-5H2,1H3;(H,6,7). The lowest BCUT2D eigenvalue weighted by atomic mass is 10.2. The number of hydrogen-bond donors (Lipinski definition) is 2. The Morgan fingerprint density at radius 2 is 1.90 bits per heavy atom. The predicted octanol–water partition coefficient (Wildman–Crippen LogP) is 1.69. The van der Waals surface area contributed by atoms with Crippen molar-refractivity contribution >= 4 is 21.5 Å². The summed E-state index contributed by atoms with van der Waals surface area (Å²) in [4.78, 5) is 9.29. The number of aliphatic carboxylic acids is 1. The van der Waals surface area contributed by atoms with E-state index >= 15 is 0 Å². The number of nitrogens with one attached hydrogen (secondary N) is 1. The van der Waals surface area contributed by atoms with Crippen molar-refractivity contribution in [3.8, 4) is 0 Å². The van der Waals surface area contributed by atoms with E-state index in [2.05, 4.69) is 5.32 Å². The van der Waals surface area contributed by atoms with Crippen molar-refractivity contribution in [1.82, 2.24) is 0 Å². The Bertz CT molecular complexity index is 611. The van der Waals surface area contributed by atoms with Crippen LogP contribution >= 0.6 is 0 Å². The second-order valence-corrected chi connectivity index (χ2v) is 6.09. The molecule has 1 aromatic carbocycles. The van der Waals surface area contributed by atoms with E-state index in [-0.39, 0.29) is 0 Å². The van der Waals surface area contributed by atoms with Crippen molar-refractivity contribution < 1.29 is 31.5 Å². The molecular weight excluding hydrogens is 299 g/mol. The van der Waals surface area contributed by atoms with Gasteiger partial charge in [-0.1, -0.05) is 6.07 Å². The molecule has 20 heavy (non-hydrogen) atoms. The fourth-order valence-corrected chi connectivity index (χ4v) is 2.15. The first-order valence-electron chi connectivity index (χ1n) is 5.39. The van der Waals surface area contributed by atoms with Crippen molar-refractivity contribution in [1.29, 1.82) is 0 Å². The van der Waals surface area contributed by atoms with Gasteiger partial charge in [-0.25, -0.2) is 13.2 Å². The molecule has 0 fully saturated rings. The zero-order chi connectivity index (χ0) is 15.6. The van der Waals surface area contributed by atoms with Crippen LogP contribution in [0.25, 0.3) is 0 Å². The zero-order valence-corrected chi connectivity index (χ0v) is 11.2. The summed E-state index contributed by atoms with van der Waals surface area (Å²) in [6.45, 7) is 0.905. The molecule has 0 amide bonds. The normalized spacial score (nSPS) is 13.8. The molecule has 0 atom stereocenters. The first kappa shape index (κ1) is 16.3. The highest BCUT2D eigenvalue weighted by atomic mass is 32.2. The van der Waals surface area contributed by atoms with Gasteiger partial charge in [-0.3, -0.25) is 0 Å². The van der Waals surface area contributed by atoms with E-state index in [0.29, 0.717) is 4.90 Å². The molecule has 9 heteroatoms. The Hall–Kier alpha value is -1.77. The minimum atomic E-state index is -5.08. The lowest BCUT2D eigenvalue weighted by Crippen LogP contribution is -2.21. The van der Waals surface area contributed by atoms with Crippen LogP contribution in [-0.4, -0.2) is 38.5 Å². The van der Waals surface area contributed by atoms with Crippen LogP contribution in [0.5, 0.6) is 0 Å². The van der Waals surface area contributed by atoms with Crippen molar-refractivity contribution in [2.45, 2.75) is 17.5 Å². The number of rotatable bonds is 1. The third-order valence-corrected chi connectivity index (χ3v) is 3.57. The van der Waals surface area contributed by atoms with Crippen LogP contribution in [0.3, 0.4) is 0 Å². The maximum atomic E-state index is 11.2. The largest absolute Gasteiger partial charge is 0.490 e. The number of hydrogen-bond acceptors (Lipinski definition) is 4. The van der Waals surface area contributed by atoms with E-state index in [9.17, 15) is 21.6 Å². The summed E-state index contributed by atoms with van der Waals surface area (Å²) in [7, 11) is -3.06. The van der Waals surface area contributed by atoms with Crippen LogP contribution in [0.15, 0.2) is 23.1 Å². The summed E-state index contributed by atoms with van der Waals surface area (Å²) in [5, 5.41) is 10.3. The van der Waals surface area contributed by atoms with Gasteiger partial charge in [0, 0.05) is 18.5 Å². The first-order valence-corrected chi connectivity index (χ1v) is 7.28. The molecule has 1 aliphatic heterocycles. The van der Waals surface area contributed by atoms with Crippen LogP contribution in [-0.2, 0) is 21.1 Å². The van der Waals surface area contributed by atoms with Crippen LogP contribution < -0.4 is 5.32 Å². The Kier molecular flexibility index (Phi) is 4.64. The SMILES string of the molecule is CS(=O)(=O)c1ccc2c(c1)NCC2.O=C(O)C(F)(F)F. The molecule has 0 aromatic heterocycles. The smallest absolute Gasteiger partial charge is 0.475 e. The van der Waals surface area contributed by atoms with Gasteiger partial charge < -0.3 is 10.4 Å². The molecule has 0 radical (unpaired) electrons. The lowest BCUT2D eigenvalue weighted by Gasteiger charge is -2.02. The Morgan fingerprint density at radius 3 is 2.35 bits per heavy atom. The number of fused-ring (bicyclic) bond motifs is 1.